The Morgan fingerprint density at radius 3 is 2.27 bits per heavy atom. The van der Waals surface area contributed by atoms with Gasteiger partial charge in [-0.1, -0.05) is 60.7 Å². The van der Waals surface area contributed by atoms with Crippen LogP contribution < -0.4 is 0 Å². The Balaban J connectivity index is 1.44. The van der Waals surface area contributed by atoms with Gasteiger partial charge >= 0.3 is 6.18 Å². The zero-order valence-electron chi connectivity index (χ0n) is 19.9. The molecule has 0 radical (unpaired) electrons. The molecule has 9 heteroatoms. The zero-order valence-corrected chi connectivity index (χ0v) is 19.9. The number of hydrogen-bond donors (Lipinski definition) is 0. The molecule has 0 saturated heterocycles. The molecule has 0 fully saturated rings. The summed E-state index contributed by atoms with van der Waals surface area (Å²) >= 11 is 0. The molecule has 190 valence electrons. The number of alkyl halides is 3. The van der Waals surface area contributed by atoms with Crippen LogP contribution >= 0.6 is 0 Å². The molecule has 37 heavy (non-hydrogen) atoms. The predicted molar refractivity (Wildman–Crippen MR) is 132 cm³/mol. The van der Waals surface area contributed by atoms with Crippen molar-refractivity contribution in [1.82, 2.24) is 25.1 Å². The summed E-state index contributed by atoms with van der Waals surface area (Å²) in [5.74, 6) is 0.292. The molecule has 0 amide bonds. The fraction of sp³-hybridized carbons (Fsp3) is 0.250. The topological polar surface area (TPSA) is 46.8 Å². The zero-order chi connectivity index (χ0) is 25.8. The lowest BCUT2D eigenvalue weighted by atomic mass is 9.96. The van der Waals surface area contributed by atoms with Crippen molar-refractivity contribution in [3.8, 4) is 0 Å². The first-order chi connectivity index (χ1) is 17.9. The summed E-state index contributed by atoms with van der Waals surface area (Å²) in [4.78, 5) is 2.15. The maximum absolute atomic E-state index is 13.4. The van der Waals surface area contributed by atoms with E-state index < -0.39 is 17.8 Å². The van der Waals surface area contributed by atoms with Gasteiger partial charge in [0.15, 0.2) is 5.82 Å². The molecule has 1 aliphatic rings. The van der Waals surface area contributed by atoms with Crippen molar-refractivity contribution in [3.05, 3.63) is 119 Å². The molecule has 4 aromatic rings. The fourth-order valence-corrected chi connectivity index (χ4v) is 4.67. The standard InChI is InChI=1S/C28H25F4N5/c29-25-12-8-21(9-13-25)22-15-17-36(18-16-22)26(23-6-10-24(11-7-23)28(30,31)32)27-33-34-35-37(27)19-14-20-4-2-1-3-5-20/h1-13,15,26H,14,16-19H2/t26-/m0/s1. The van der Waals surface area contributed by atoms with Crippen molar-refractivity contribution in [1.29, 1.82) is 0 Å². The minimum absolute atomic E-state index is 0.286. The van der Waals surface area contributed by atoms with Crippen molar-refractivity contribution < 1.29 is 17.6 Å². The van der Waals surface area contributed by atoms with Gasteiger partial charge in [-0.2, -0.15) is 13.2 Å². The third-order valence-corrected chi connectivity index (χ3v) is 6.63. The highest BCUT2D eigenvalue weighted by atomic mass is 19.4. The monoisotopic (exact) mass is 507 g/mol. The summed E-state index contributed by atoms with van der Waals surface area (Å²) in [6, 6.07) is 21.1. The van der Waals surface area contributed by atoms with Crippen LogP contribution in [0.5, 0.6) is 0 Å². The number of rotatable bonds is 7. The summed E-state index contributed by atoms with van der Waals surface area (Å²) < 4.78 is 54.8. The molecule has 1 aromatic heterocycles. The minimum Gasteiger partial charge on any atom is -0.286 e. The molecule has 1 atom stereocenters. The quantitative estimate of drug-likeness (QED) is 0.290. The summed E-state index contributed by atoms with van der Waals surface area (Å²) in [6.07, 6.45) is -0.920. The van der Waals surface area contributed by atoms with Gasteiger partial charge in [0.1, 0.15) is 5.82 Å². The van der Waals surface area contributed by atoms with Crippen LogP contribution in [0, 0.1) is 5.82 Å². The van der Waals surface area contributed by atoms with Gasteiger partial charge in [-0.05, 0) is 69.8 Å². The predicted octanol–water partition coefficient (Wildman–Crippen LogP) is 5.95. The number of aromatic nitrogens is 4. The van der Waals surface area contributed by atoms with Crippen molar-refractivity contribution in [2.45, 2.75) is 31.6 Å². The minimum atomic E-state index is -4.41. The highest BCUT2D eigenvalue weighted by Gasteiger charge is 2.33. The van der Waals surface area contributed by atoms with Crippen LogP contribution in [0.15, 0.2) is 84.9 Å². The van der Waals surface area contributed by atoms with Crippen LogP contribution in [0.2, 0.25) is 0 Å². The smallest absolute Gasteiger partial charge is 0.286 e. The van der Waals surface area contributed by atoms with Crippen LogP contribution in [-0.2, 0) is 19.1 Å². The van der Waals surface area contributed by atoms with Crippen LogP contribution in [0.3, 0.4) is 0 Å². The molecule has 0 aliphatic carbocycles. The fourth-order valence-electron chi connectivity index (χ4n) is 4.67. The van der Waals surface area contributed by atoms with Crippen LogP contribution in [0.4, 0.5) is 17.6 Å². The van der Waals surface area contributed by atoms with Gasteiger partial charge in [0.05, 0.1) is 11.6 Å². The highest BCUT2D eigenvalue weighted by Crippen LogP contribution is 2.34. The summed E-state index contributed by atoms with van der Waals surface area (Å²) in [5, 5.41) is 12.4. The lowest BCUT2D eigenvalue weighted by molar-refractivity contribution is -0.137. The molecule has 0 spiro atoms. The van der Waals surface area contributed by atoms with Gasteiger partial charge in [0, 0.05) is 19.6 Å². The van der Waals surface area contributed by atoms with Crippen LogP contribution in [-0.4, -0.2) is 38.2 Å². The second-order valence-corrected chi connectivity index (χ2v) is 9.00. The van der Waals surface area contributed by atoms with Gasteiger partial charge < -0.3 is 0 Å². The molecule has 3 aromatic carbocycles. The van der Waals surface area contributed by atoms with E-state index in [4.69, 9.17) is 0 Å². The summed E-state index contributed by atoms with van der Waals surface area (Å²) in [6.45, 7) is 1.72. The number of benzene rings is 3. The van der Waals surface area contributed by atoms with E-state index in [1.54, 1.807) is 16.8 Å². The van der Waals surface area contributed by atoms with Crippen molar-refractivity contribution in [2.24, 2.45) is 0 Å². The second-order valence-electron chi connectivity index (χ2n) is 9.00. The Bertz CT molecular complexity index is 1350. The van der Waals surface area contributed by atoms with Gasteiger partial charge in [-0.15, -0.1) is 5.10 Å². The molecule has 1 aliphatic heterocycles. The van der Waals surface area contributed by atoms with Gasteiger partial charge in [0.2, 0.25) is 0 Å². The third-order valence-electron chi connectivity index (χ3n) is 6.63. The lowest BCUT2D eigenvalue weighted by Gasteiger charge is -2.33. The second kappa shape index (κ2) is 10.6. The number of aryl methyl sites for hydroxylation is 2. The maximum Gasteiger partial charge on any atom is 0.416 e. The molecule has 0 saturated carbocycles. The summed E-state index contributed by atoms with van der Waals surface area (Å²) in [7, 11) is 0. The SMILES string of the molecule is Fc1ccc(C2=CCN([C@@H](c3ccc(C(F)(F)F)cc3)c3nnnn3CCc3ccccc3)CC2)cc1. The third kappa shape index (κ3) is 5.77. The molecular weight excluding hydrogens is 482 g/mol. The first-order valence-electron chi connectivity index (χ1n) is 12.0. The van der Waals surface area contributed by atoms with Crippen molar-refractivity contribution in [3.63, 3.8) is 0 Å². The van der Waals surface area contributed by atoms with Crippen LogP contribution in [0.25, 0.3) is 5.57 Å². The number of hydrogen-bond acceptors (Lipinski definition) is 4. The normalized spacial score (nSPS) is 15.4. The number of halogens is 4. The van der Waals surface area contributed by atoms with E-state index >= 15 is 0 Å². The van der Waals surface area contributed by atoms with Crippen molar-refractivity contribution >= 4 is 5.57 Å². The molecule has 5 rings (SSSR count). The molecule has 0 N–H and O–H groups in total. The summed E-state index contributed by atoms with van der Waals surface area (Å²) in [5.41, 5.74) is 3.18. The Morgan fingerprint density at radius 2 is 1.62 bits per heavy atom. The Kier molecular flexibility index (Phi) is 7.14. The van der Waals surface area contributed by atoms with E-state index in [9.17, 15) is 17.6 Å². The first kappa shape index (κ1) is 24.8. The maximum atomic E-state index is 13.4. The average molecular weight is 508 g/mol. The Labute approximate surface area is 212 Å². The van der Waals surface area contributed by atoms with E-state index in [1.807, 2.05) is 30.3 Å². The van der Waals surface area contributed by atoms with Gasteiger partial charge in [-0.3, -0.25) is 4.90 Å². The van der Waals surface area contributed by atoms with E-state index in [0.717, 1.165) is 28.8 Å². The van der Waals surface area contributed by atoms with E-state index in [2.05, 4.69) is 26.5 Å². The molecular formula is C28H25F4N5. The number of tetrazole rings is 1. The largest absolute Gasteiger partial charge is 0.416 e. The first-order valence-corrected chi connectivity index (χ1v) is 12.0. The molecule has 0 bridgehead atoms. The molecule has 0 unspecified atom stereocenters. The van der Waals surface area contributed by atoms with Crippen molar-refractivity contribution in [2.75, 3.05) is 13.1 Å². The highest BCUT2D eigenvalue weighted by molar-refractivity contribution is 5.66. The van der Waals surface area contributed by atoms with E-state index in [1.165, 1.54) is 24.3 Å². The van der Waals surface area contributed by atoms with E-state index in [0.29, 0.717) is 43.9 Å². The van der Waals surface area contributed by atoms with E-state index in [-0.39, 0.29) is 5.82 Å². The molecule has 5 nitrogen and oxygen atoms in total. The number of nitrogens with zero attached hydrogens (tertiary/aromatic N) is 5. The van der Waals surface area contributed by atoms with Gasteiger partial charge in [-0.25, -0.2) is 9.07 Å². The van der Waals surface area contributed by atoms with Crippen LogP contribution in [0.1, 0.15) is 40.5 Å². The molecule has 2 heterocycles. The lowest BCUT2D eigenvalue weighted by Crippen LogP contribution is -2.35. The van der Waals surface area contributed by atoms with Gasteiger partial charge in [0.25, 0.3) is 0 Å². The Morgan fingerprint density at radius 1 is 0.892 bits per heavy atom. The Hall–Kier alpha value is -3.85. The average Bonchev–Trinajstić information content (AvgIpc) is 3.37.